The Hall–Kier alpha value is -1.92. The van der Waals surface area contributed by atoms with E-state index in [9.17, 15) is 4.79 Å². The number of amidine groups is 1. The van der Waals surface area contributed by atoms with Gasteiger partial charge in [-0.1, -0.05) is 23.4 Å². The molecular formula is C17H17ClN4OS. The summed E-state index contributed by atoms with van der Waals surface area (Å²) in [7, 11) is 0. The predicted octanol–water partition coefficient (Wildman–Crippen LogP) is 3.22. The standard InChI is InChI=1S/C17H17ClN4OS/c1-17(5-7-24-16(19)22-17)11-4-6-20-13(8-11)9-15(23)14-3-2-12(18)10-21-14/h2-4,6,8,10H,5,7,9H2,1H3,(H2,19,22)/t17-/m0/s1. The summed E-state index contributed by atoms with van der Waals surface area (Å²) < 4.78 is 0. The maximum atomic E-state index is 12.3. The number of Topliss-reactive ketones (excluding diaryl/α,β-unsaturated/α-hetero) is 1. The zero-order chi connectivity index (χ0) is 17.2. The van der Waals surface area contributed by atoms with E-state index in [1.165, 1.54) is 6.20 Å². The third-order valence-electron chi connectivity index (χ3n) is 3.99. The molecule has 24 heavy (non-hydrogen) atoms. The van der Waals surface area contributed by atoms with Crippen molar-refractivity contribution in [1.82, 2.24) is 9.97 Å². The summed E-state index contributed by atoms with van der Waals surface area (Å²) in [6, 6.07) is 7.14. The van der Waals surface area contributed by atoms with Crippen LogP contribution in [0.4, 0.5) is 0 Å². The Morgan fingerprint density at radius 2 is 2.21 bits per heavy atom. The molecule has 0 unspecified atom stereocenters. The molecule has 7 heteroatoms. The van der Waals surface area contributed by atoms with Crippen LogP contribution in [-0.2, 0) is 12.0 Å². The zero-order valence-corrected chi connectivity index (χ0v) is 14.8. The second kappa shape index (κ2) is 6.91. The van der Waals surface area contributed by atoms with Gasteiger partial charge in [-0.25, -0.2) is 0 Å². The molecule has 3 heterocycles. The van der Waals surface area contributed by atoms with Crippen LogP contribution in [0.2, 0.25) is 5.02 Å². The van der Waals surface area contributed by atoms with Crippen molar-refractivity contribution in [3.63, 3.8) is 0 Å². The number of pyridine rings is 2. The lowest BCUT2D eigenvalue weighted by atomic mass is 9.89. The summed E-state index contributed by atoms with van der Waals surface area (Å²) in [5, 5.41) is 1.11. The van der Waals surface area contributed by atoms with E-state index < -0.39 is 0 Å². The second-order valence-corrected chi connectivity index (χ2v) is 7.37. The van der Waals surface area contributed by atoms with Crippen molar-refractivity contribution in [3.8, 4) is 0 Å². The van der Waals surface area contributed by atoms with Crippen molar-refractivity contribution >= 4 is 34.3 Å². The van der Waals surface area contributed by atoms with Crippen LogP contribution in [0.3, 0.4) is 0 Å². The topological polar surface area (TPSA) is 81.2 Å². The summed E-state index contributed by atoms with van der Waals surface area (Å²) >= 11 is 7.37. The molecule has 0 fully saturated rings. The highest BCUT2D eigenvalue weighted by Gasteiger charge is 2.29. The normalized spacial score (nSPS) is 20.5. The summed E-state index contributed by atoms with van der Waals surface area (Å²) in [6.07, 6.45) is 4.27. The average molecular weight is 361 g/mol. The van der Waals surface area contributed by atoms with Crippen LogP contribution in [0.25, 0.3) is 0 Å². The van der Waals surface area contributed by atoms with Gasteiger partial charge in [-0.15, -0.1) is 0 Å². The number of hydrogen-bond acceptors (Lipinski definition) is 6. The minimum Gasteiger partial charge on any atom is -0.379 e. The molecule has 124 valence electrons. The van der Waals surface area contributed by atoms with Crippen molar-refractivity contribution < 1.29 is 4.79 Å². The molecule has 5 nitrogen and oxygen atoms in total. The molecule has 0 aliphatic carbocycles. The molecule has 2 aromatic rings. The lowest BCUT2D eigenvalue weighted by Gasteiger charge is -2.29. The van der Waals surface area contributed by atoms with E-state index in [4.69, 9.17) is 17.3 Å². The maximum absolute atomic E-state index is 12.3. The van der Waals surface area contributed by atoms with Gasteiger partial charge in [0.1, 0.15) is 5.69 Å². The van der Waals surface area contributed by atoms with Gasteiger partial charge in [-0.05, 0) is 43.2 Å². The van der Waals surface area contributed by atoms with Crippen molar-refractivity contribution in [2.24, 2.45) is 10.7 Å². The van der Waals surface area contributed by atoms with Gasteiger partial charge >= 0.3 is 0 Å². The van der Waals surface area contributed by atoms with Gasteiger partial charge < -0.3 is 5.73 Å². The van der Waals surface area contributed by atoms with Crippen LogP contribution in [0.15, 0.2) is 41.7 Å². The molecule has 0 bridgehead atoms. The number of rotatable bonds is 4. The average Bonchev–Trinajstić information content (AvgIpc) is 2.55. The number of carbonyl (C=O) groups excluding carboxylic acids is 1. The number of thioether (sulfide) groups is 1. The number of hydrogen-bond donors (Lipinski definition) is 1. The largest absolute Gasteiger partial charge is 0.379 e. The van der Waals surface area contributed by atoms with E-state index in [-0.39, 0.29) is 17.7 Å². The third kappa shape index (κ3) is 3.76. The number of halogens is 1. The van der Waals surface area contributed by atoms with E-state index in [1.807, 2.05) is 12.1 Å². The molecule has 2 aromatic heterocycles. The molecule has 0 aromatic carbocycles. The Balaban J connectivity index is 1.82. The van der Waals surface area contributed by atoms with Crippen LogP contribution in [0.1, 0.15) is 35.1 Å². The third-order valence-corrected chi connectivity index (χ3v) is 5.01. The summed E-state index contributed by atoms with van der Waals surface area (Å²) in [5.41, 5.74) is 7.61. The van der Waals surface area contributed by atoms with Gasteiger partial charge in [-0.2, -0.15) is 0 Å². The van der Waals surface area contributed by atoms with Crippen molar-refractivity contribution in [3.05, 3.63) is 58.6 Å². The smallest absolute Gasteiger partial charge is 0.187 e. The molecule has 2 N–H and O–H groups in total. The number of nitrogens with zero attached hydrogens (tertiary/aromatic N) is 3. The number of carbonyl (C=O) groups is 1. The van der Waals surface area contributed by atoms with E-state index in [0.29, 0.717) is 21.6 Å². The summed E-state index contributed by atoms with van der Waals surface area (Å²) in [4.78, 5) is 25.3. The first kappa shape index (κ1) is 16.9. The summed E-state index contributed by atoms with van der Waals surface area (Å²) in [5.74, 6) is 0.834. The van der Waals surface area contributed by atoms with Crippen molar-refractivity contribution in [1.29, 1.82) is 0 Å². The number of aromatic nitrogens is 2. The predicted molar refractivity (Wildman–Crippen MR) is 97.6 cm³/mol. The molecule has 0 saturated carbocycles. The van der Waals surface area contributed by atoms with Crippen LogP contribution in [0.5, 0.6) is 0 Å². The quantitative estimate of drug-likeness (QED) is 0.846. The van der Waals surface area contributed by atoms with E-state index in [1.54, 1.807) is 30.1 Å². The number of nitrogens with two attached hydrogens (primary N) is 1. The maximum Gasteiger partial charge on any atom is 0.187 e. The fourth-order valence-electron chi connectivity index (χ4n) is 2.60. The van der Waals surface area contributed by atoms with Gasteiger partial charge in [0.2, 0.25) is 0 Å². The first-order valence-corrected chi connectivity index (χ1v) is 8.91. The van der Waals surface area contributed by atoms with Gasteiger partial charge in [0.15, 0.2) is 11.0 Å². The van der Waals surface area contributed by atoms with Crippen LogP contribution in [-0.4, -0.2) is 26.7 Å². The first-order valence-electron chi connectivity index (χ1n) is 7.54. The van der Waals surface area contributed by atoms with Crippen LogP contribution >= 0.6 is 23.4 Å². The highest BCUT2D eigenvalue weighted by Crippen LogP contribution is 2.35. The Bertz CT molecular complexity index is 793. The lowest BCUT2D eigenvalue weighted by molar-refractivity contribution is 0.0987. The fraction of sp³-hybridized carbons (Fsp3) is 0.294. The highest BCUT2D eigenvalue weighted by molar-refractivity contribution is 8.13. The highest BCUT2D eigenvalue weighted by atomic mass is 35.5. The Labute approximate surface area is 149 Å². The first-order chi connectivity index (χ1) is 11.5. The molecular weight excluding hydrogens is 344 g/mol. The number of aliphatic imine (C=N–C) groups is 1. The SMILES string of the molecule is C[C@@]1(c2ccnc(CC(=O)c3ccc(Cl)cn3)c2)CCSC(N)=N1. The van der Waals surface area contributed by atoms with Crippen molar-refractivity contribution in [2.75, 3.05) is 5.75 Å². The van der Waals surface area contributed by atoms with E-state index >= 15 is 0 Å². The molecule has 0 amide bonds. The van der Waals surface area contributed by atoms with E-state index in [2.05, 4.69) is 21.9 Å². The molecule has 1 aliphatic heterocycles. The number of ketones is 1. The van der Waals surface area contributed by atoms with Crippen molar-refractivity contribution in [2.45, 2.75) is 25.3 Å². The monoisotopic (exact) mass is 360 g/mol. The lowest BCUT2D eigenvalue weighted by Crippen LogP contribution is -2.29. The van der Waals surface area contributed by atoms with Gasteiger partial charge in [0.25, 0.3) is 0 Å². The molecule has 0 saturated heterocycles. The molecule has 3 rings (SSSR count). The minimum absolute atomic E-state index is 0.0938. The fourth-order valence-corrected chi connectivity index (χ4v) is 3.69. The molecule has 1 atom stereocenters. The molecule has 0 spiro atoms. The van der Waals surface area contributed by atoms with Gasteiger partial charge in [-0.3, -0.25) is 19.8 Å². The Kier molecular flexibility index (Phi) is 4.87. The Morgan fingerprint density at radius 1 is 1.38 bits per heavy atom. The zero-order valence-electron chi connectivity index (χ0n) is 13.2. The Morgan fingerprint density at radius 3 is 2.92 bits per heavy atom. The molecule has 0 radical (unpaired) electrons. The minimum atomic E-state index is -0.366. The van der Waals surface area contributed by atoms with E-state index in [0.717, 1.165) is 17.7 Å². The summed E-state index contributed by atoms with van der Waals surface area (Å²) in [6.45, 7) is 2.06. The molecule has 1 aliphatic rings. The second-order valence-electron chi connectivity index (χ2n) is 5.82. The van der Waals surface area contributed by atoms with Gasteiger partial charge in [0, 0.05) is 23.8 Å². The van der Waals surface area contributed by atoms with Crippen LogP contribution < -0.4 is 5.73 Å². The van der Waals surface area contributed by atoms with Gasteiger partial charge in [0.05, 0.1) is 17.0 Å². The van der Waals surface area contributed by atoms with Crippen LogP contribution in [0, 0.1) is 0 Å².